The van der Waals surface area contributed by atoms with Gasteiger partial charge in [-0.3, -0.25) is 0 Å². The fourth-order valence-electron chi connectivity index (χ4n) is 1.11. The molecule has 0 spiro atoms. The number of allylic oxidation sites excluding steroid dienone is 3. The van der Waals surface area contributed by atoms with Crippen molar-refractivity contribution in [2.24, 2.45) is 5.50 Å². The predicted octanol–water partition coefficient (Wildman–Crippen LogP) is 2.17. The zero-order chi connectivity index (χ0) is 8.74. The van der Waals surface area contributed by atoms with E-state index in [9.17, 15) is 0 Å². The molecule has 0 fully saturated rings. The van der Waals surface area contributed by atoms with Crippen LogP contribution in [0.25, 0.3) is 0 Å². The van der Waals surface area contributed by atoms with Crippen LogP contribution in [-0.2, 0) is 0 Å². The fraction of sp³-hybridized carbons (Fsp3) is 0.333. The van der Waals surface area contributed by atoms with Gasteiger partial charge in [0, 0.05) is 0 Å². The van der Waals surface area contributed by atoms with Gasteiger partial charge in [0.15, 0.2) is 0 Å². The van der Waals surface area contributed by atoms with Crippen molar-refractivity contribution >= 4 is 7.41 Å². The average molecular weight is 171 g/mol. The van der Waals surface area contributed by atoms with E-state index in [-0.39, 0.29) is 0 Å². The van der Waals surface area contributed by atoms with Gasteiger partial charge in [-0.2, -0.15) is 0 Å². The normalized spacial score (nSPS) is 12.1. The van der Waals surface area contributed by atoms with Crippen molar-refractivity contribution in [3.8, 4) is 0 Å². The summed E-state index contributed by atoms with van der Waals surface area (Å²) >= 11 is 0. The van der Waals surface area contributed by atoms with Crippen LogP contribution < -0.4 is 5.50 Å². The minimum absolute atomic E-state index is 0.949. The number of hydrogen-bond donors (Lipinski definition) is 1. The Morgan fingerprint density at radius 3 is 1.36 bits per heavy atom. The first-order valence-corrected chi connectivity index (χ1v) is 6.50. The first kappa shape index (κ1) is 10.6. The van der Waals surface area contributed by atoms with Gasteiger partial charge in [-0.05, 0) is 0 Å². The first-order chi connectivity index (χ1) is 5.18. The summed E-state index contributed by atoms with van der Waals surface area (Å²) in [6, 6.07) is 0. The zero-order valence-electron chi connectivity index (χ0n) is 7.05. The molecule has 0 aromatic rings. The molecule has 0 saturated heterocycles. The summed E-state index contributed by atoms with van der Waals surface area (Å²) < 4.78 is 0. The van der Waals surface area contributed by atoms with E-state index in [2.05, 4.69) is 19.7 Å². The molecule has 0 aromatic heterocycles. The molecule has 0 rings (SSSR count). The van der Waals surface area contributed by atoms with Crippen LogP contribution >= 0.6 is 7.41 Å². The molecule has 0 aliphatic heterocycles. The van der Waals surface area contributed by atoms with E-state index >= 15 is 0 Å². The Kier molecular flexibility index (Phi) is 5.10. The van der Waals surface area contributed by atoms with E-state index in [1.165, 1.54) is 0 Å². The van der Waals surface area contributed by atoms with E-state index < -0.39 is 7.41 Å². The molecule has 0 aliphatic rings. The monoisotopic (exact) mass is 171 g/mol. The molecular formula is C9H18NP. The van der Waals surface area contributed by atoms with Crippen LogP contribution in [0.5, 0.6) is 0 Å². The van der Waals surface area contributed by atoms with E-state index in [0.717, 1.165) is 18.5 Å². The molecule has 0 amide bonds. The van der Waals surface area contributed by atoms with Crippen LogP contribution in [0.15, 0.2) is 38.0 Å². The Morgan fingerprint density at radius 2 is 1.18 bits per heavy atom. The van der Waals surface area contributed by atoms with Crippen molar-refractivity contribution in [3.05, 3.63) is 38.0 Å². The van der Waals surface area contributed by atoms with Crippen molar-refractivity contribution in [2.75, 3.05) is 18.5 Å². The molecule has 0 bridgehead atoms. The van der Waals surface area contributed by atoms with Crippen molar-refractivity contribution in [1.29, 1.82) is 0 Å². The van der Waals surface area contributed by atoms with Gasteiger partial charge in [0.05, 0.1) is 0 Å². The molecule has 2 heteroatoms. The average Bonchev–Trinajstić information content (AvgIpc) is 1.88. The maximum atomic E-state index is 6.15. The SMILES string of the molecule is C=CC[PH](N)(CC=C)CC=C. The van der Waals surface area contributed by atoms with Crippen LogP contribution in [-0.4, -0.2) is 18.5 Å². The van der Waals surface area contributed by atoms with Crippen molar-refractivity contribution in [3.63, 3.8) is 0 Å². The topological polar surface area (TPSA) is 26.0 Å². The summed E-state index contributed by atoms with van der Waals surface area (Å²) in [5.74, 6) is 0. The van der Waals surface area contributed by atoms with Crippen molar-refractivity contribution < 1.29 is 0 Å². The van der Waals surface area contributed by atoms with Gasteiger partial charge in [-0.1, -0.05) is 0 Å². The molecule has 1 nitrogen and oxygen atoms in total. The Morgan fingerprint density at radius 1 is 0.909 bits per heavy atom. The molecule has 0 heterocycles. The third-order valence-electron chi connectivity index (χ3n) is 1.65. The Bertz CT molecular complexity index is 125. The number of rotatable bonds is 6. The third-order valence-corrected chi connectivity index (χ3v) is 4.96. The second-order valence-corrected chi connectivity index (χ2v) is 6.79. The van der Waals surface area contributed by atoms with Gasteiger partial charge in [0.25, 0.3) is 0 Å². The van der Waals surface area contributed by atoms with Gasteiger partial charge >= 0.3 is 69.4 Å². The second kappa shape index (κ2) is 5.29. The zero-order valence-corrected chi connectivity index (χ0v) is 8.05. The maximum absolute atomic E-state index is 6.15. The van der Waals surface area contributed by atoms with Crippen LogP contribution in [0.1, 0.15) is 0 Å². The van der Waals surface area contributed by atoms with Gasteiger partial charge in [-0.15, -0.1) is 0 Å². The molecule has 11 heavy (non-hydrogen) atoms. The van der Waals surface area contributed by atoms with Crippen LogP contribution in [0.4, 0.5) is 0 Å². The summed E-state index contributed by atoms with van der Waals surface area (Å²) in [6.45, 7) is 11.1. The predicted molar refractivity (Wildman–Crippen MR) is 57.7 cm³/mol. The van der Waals surface area contributed by atoms with Crippen LogP contribution in [0.3, 0.4) is 0 Å². The molecule has 0 unspecified atom stereocenters. The Hall–Kier alpha value is -0.390. The fourth-order valence-corrected chi connectivity index (χ4v) is 3.34. The van der Waals surface area contributed by atoms with Crippen molar-refractivity contribution in [1.82, 2.24) is 0 Å². The van der Waals surface area contributed by atoms with E-state index in [1.807, 2.05) is 18.2 Å². The number of hydrogen-bond acceptors (Lipinski definition) is 1. The molecule has 0 atom stereocenters. The van der Waals surface area contributed by atoms with Gasteiger partial charge < -0.3 is 0 Å². The van der Waals surface area contributed by atoms with Gasteiger partial charge in [0.2, 0.25) is 0 Å². The molecule has 0 radical (unpaired) electrons. The first-order valence-electron chi connectivity index (χ1n) is 3.80. The summed E-state index contributed by atoms with van der Waals surface area (Å²) in [7, 11) is -1.60. The molecular weight excluding hydrogens is 153 g/mol. The number of nitrogens with two attached hydrogens (primary N) is 1. The Labute approximate surface area is 70.1 Å². The summed E-state index contributed by atoms with van der Waals surface area (Å²) in [6.07, 6.45) is 8.55. The van der Waals surface area contributed by atoms with Crippen molar-refractivity contribution in [2.45, 2.75) is 0 Å². The third kappa shape index (κ3) is 4.13. The Balaban J connectivity index is 4.09. The summed E-state index contributed by atoms with van der Waals surface area (Å²) in [4.78, 5) is 0. The van der Waals surface area contributed by atoms with Crippen LogP contribution in [0, 0.1) is 0 Å². The molecule has 0 aliphatic carbocycles. The van der Waals surface area contributed by atoms with Gasteiger partial charge in [-0.25, -0.2) is 0 Å². The summed E-state index contributed by atoms with van der Waals surface area (Å²) in [5, 5.41) is 0. The quantitative estimate of drug-likeness (QED) is 0.481. The minimum atomic E-state index is -1.60. The van der Waals surface area contributed by atoms with E-state index in [4.69, 9.17) is 5.50 Å². The molecule has 64 valence electrons. The standard InChI is InChI=1S/C9H18NP/c1-4-7-11(10,8-5-2)9-6-3/h4-6,11H,1-3,7-10H2. The van der Waals surface area contributed by atoms with E-state index in [1.54, 1.807) is 0 Å². The van der Waals surface area contributed by atoms with Crippen LogP contribution in [0.2, 0.25) is 0 Å². The molecule has 2 N–H and O–H groups in total. The van der Waals surface area contributed by atoms with E-state index in [0.29, 0.717) is 0 Å². The molecule has 0 saturated carbocycles. The van der Waals surface area contributed by atoms with Gasteiger partial charge in [0.1, 0.15) is 0 Å². The second-order valence-electron chi connectivity index (χ2n) is 2.84. The molecule has 0 aromatic carbocycles. The summed E-state index contributed by atoms with van der Waals surface area (Å²) in [5.41, 5.74) is 6.15.